The van der Waals surface area contributed by atoms with Gasteiger partial charge in [0.1, 0.15) is 12.1 Å². The number of ether oxygens (including phenoxy) is 1. The fraction of sp³-hybridized carbons (Fsp3) is 0.500. The number of hydrogen-bond acceptors (Lipinski definition) is 7. The van der Waals surface area contributed by atoms with Crippen molar-refractivity contribution in [2.45, 2.75) is 38.8 Å². The number of esters is 2. The number of carbonyl (C=O) groups is 6. The summed E-state index contributed by atoms with van der Waals surface area (Å²) in [4.78, 5) is 66.5. The minimum absolute atomic E-state index is 0.732. The second-order valence-corrected chi connectivity index (χ2v) is 4.44. The molecule has 0 aromatic rings. The van der Waals surface area contributed by atoms with E-state index in [1.165, 1.54) is 0 Å². The lowest BCUT2D eigenvalue weighted by atomic mass is 10.2. The molecule has 23 heavy (non-hydrogen) atoms. The van der Waals surface area contributed by atoms with Crippen LogP contribution in [0.25, 0.3) is 0 Å². The molecule has 0 radical (unpaired) electrons. The maximum Gasteiger partial charge on any atom is 0.336 e. The van der Waals surface area contributed by atoms with E-state index in [0.29, 0.717) is 0 Å². The highest BCUT2D eigenvalue weighted by atomic mass is 16.6. The van der Waals surface area contributed by atoms with E-state index in [1.807, 2.05) is 10.6 Å². The van der Waals surface area contributed by atoms with Gasteiger partial charge in [-0.3, -0.25) is 19.2 Å². The molecule has 2 amide bonds. The van der Waals surface area contributed by atoms with Crippen LogP contribution in [0.2, 0.25) is 0 Å². The Morgan fingerprint density at radius 2 is 1.09 bits per heavy atom. The summed E-state index contributed by atoms with van der Waals surface area (Å²) in [6, 6.07) is -3.26. The Morgan fingerprint density at radius 1 is 0.783 bits per heavy atom. The van der Waals surface area contributed by atoms with Crippen LogP contribution in [0.15, 0.2) is 0 Å². The third kappa shape index (κ3) is 8.80. The van der Waals surface area contributed by atoms with Gasteiger partial charge in [0.15, 0.2) is 0 Å². The van der Waals surface area contributed by atoms with Crippen LogP contribution in [0.4, 0.5) is 0 Å². The van der Waals surface area contributed by atoms with Gasteiger partial charge in [0.05, 0.1) is 12.8 Å². The first-order valence-corrected chi connectivity index (χ1v) is 6.26. The van der Waals surface area contributed by atoms with Crippen LogP contribution in [0.5, 0.6) is 0 Å². The number of rotatable bonds is 8. The van der Waals surface area contributed by atoms with Crippen molar-refractivity contribution in [1.82, 2.24) is 10.6 Å². The zero-order valence-electron chi connectivity index (χ0n) is 12.3. The molecule has 128 valence electrons. The monoisotopic (exact) mass is 332 g/mol. The van der Waals surface area contributed by atoms with E-state index >= 15 is 0 Å². The number of carboxylic acid groups (broad SMARTS) is 2. The van der Waals surface area contributed by atoms with Gasteiger partial charge < -0.3 is 25.6 Å². The van der Waals surface area contributed by atoms with Gasteiger partial charge in [-0.25, -0.2) is 9.59 Å². The highest BCUT2D eigenvalue weighted by Crippen LogP contribution is 2.02. The quantitative estimate of drug-likeness (QED) is 0.289. The Labute approximate surface area is 130 Å². The van der Waals surface area contributed by atoms with Gasteiger partial charge in [-0.2, -0.15) is 0 Å². The average molecular weight is 332 g/mol. The second kappa shape index (κ2) is 9.12. The summed E-state index contributed by atoms with van der Waals surface area (Å²) in [5.74, 6) is -7.09. The third-order valence-corrected chi connectivity index (χ3v) is 2.28. The van der Waals surface area contributed by atoms with Gasteiger partial charge in [-0.15, -0.1) is 0 Å². The maximum absolute atomic E-state index is 11.7. The number of carboxylic acids is 2. The van der Waals surface area contributed by atoms with Crippen LogP contribution in [-0.4, -0.2) is 58.0 Å². The van der Waals surface area contributed by atoms with E-state index < -0.39 is 60.6 Å². The molecule has 4 N–H and O–H groups in total. The van der Waals surface area contributed by atoms with Crippen LogP contribution >= 0.6 is 0 Å². The number of nitrogens with one attached hydrogen (secondary N) is 2. The minimum atomic E-state index is -1.63. The van der Waals surface area contributed by atoms with Crippen molar-refractivity contribution in [3.63, 3.8) is 0 Å². The lowest BCUT2D eigenvalue weighted by molar-refractivity contribution is -0.166. The number of amides is 2. The van der Waals surface area contributed by atoms with E-state index in [1.54, 1.807) is 0 Å². The average Bonchev–Trinajstić information content (AvgIpc) is 2.34. The molecule has 0 spiro atoms. The number of aliphatic carboxylic acids is 2. The molecule has 2 atom stereocenters. The molecule has 11 heteroatoms. The normalized spacial score (nSPS) is 12.4. The summed E-state index contributed by atoms with van der Waals surface area (Å²) in [7, 11) is 0. The highest BCUT2D eigenvalue weighted by molar-refractivity contribution is 5.96. The van der Waals surface area contributed by atoms with E-state index in [9.17, 15) is 28.8 Å². The topological polar surface area (TPSA) is 176 Å². The van der Waals surface area contributed by atoms with Crippen LogP contribution in [0.1, 0.15) is 26.7 Å². The molecule has 0 rings (SSSR count). The second-order valence-electron chi connectivity index (χ2n) is 4.44. The zero-order valence-corrected chi connectivity index (χ0v) is 12.3. The van der Waals surface area contributed by atoms with Gasteiger partial charge in [0.25, 0.3) is 0 Å². The lowest BCUT2D eigenvalue weighted by Gasteiger charge is -2.17. The summed E-state index contributed by atoms with van der Waals surface area (Å²) in [5.41, 5.74) is 0. The molecule has 0 aromatic carbocycles. The van der Waals surface area contributed by atoms with Crippen molar-refractivity contribution in [2.24, 2.45) is 0 Å². The molecule has 11 nitrogen and oxygen atoms in total. The first-order valence-electron chi connectivity index (χ1n) is 6.26. The summed E-state index contributed by atoms with van der Waals surface area (Å²) < 4.78 is 4.34. The van der Waals surface area contributed by atoms with E-state index in [2.05, 4.69) is 4.74 Å². The van der Waals surface area contributed by atoms with Gasteiger partial charge in [-0.05, 0) is 0 Å². The minimum Gasteiger partial charge on any atom is -0.481 e. The van der Waals surface area contributed by atoms with Crippen LogP contribution in [0, 0.1) is 0 Å². The van der Waals surface area contributed by atoms with E-state index in [-0.39, 0.29) is 0 Å². The van der Waals surface area contributed by atoms with E-state index in [4.69, 9.17) is 10.2 Å². The van der Waals surface area contributed by atoms with Crippen molar-refractivity contribution in [3.05, 3.63) is 0 Å². The predicted octanol–water partition coefficient (Wildman–Crippen LogP) is -1.98. The Hall–Kier alpha value is -2.98. The lowest BCUT2D eigenvalue weighted by Crippen LogP contribution is -2.47. The van der Waals surface area contributed by atoms with Crippen LogP contribution in [0.3, 0.4) is 0 Å². The Kier molecular flexibility index (Phi) is 7.94. The number of hydrogen-bond donors (Lipinski definition) is 4. The third-order valence-electron chi connectivity index (χ3n) is 2.28. The van der Waals surface area contributed by atoms with Crippen LogP contribution < -0.4 is 10.6 Å². The Balaban J connectivity index is 4.99. The summed E-state index contributed by atoms with van der Waals surface area (Å²) in [6.07, 6.45) is -1.68. The molecule has 0 aliphatic rings. The predicted molar refractivity (Wildman–Crippen MR) is 70.8 cm³/mol. The smallest absolute Gasteiger partial charge is 0.336 e. The van der Waals surface area contributed by atoms with E-state index in [0.717, 1.165) is 13.8 Å². The molecule has 0 saturated heterocycles. The van der Waals surface area contributed by atoms with Gasteiger partial charge >= 0.3 is 23.9 Å². The SMILES string of the molecule is CC(=O)NC(CC(=O)O)C(=O)OC(=O)C(CC(=O)O)NC(C)=O. The first-order chi connectivity index (χ1) is 10.5. The molecule has 0 bridgehead atoms. The van der Waals surface area contributed by atoms with Gasteiger partial charge in [-0.1, -0.05) is 0 Å². The van der Waals surface area contributed by atoms with Gasteiger partial charge in [0, 0.05) is 13.8 Å². The number of carbonyl (C=O) groups excluding carboxylic acids is 4. The summed E-state index contributed by atoms with van der Waals surface area (Å²) >= 11 is 0. The van der Waals surface area contributed by atoms with Crippen molar-refractivity contribution < 1.29 is 43.7 Å². The molecular weight excluding hydrogens is 316 g/mol. The van der Waals surface area contributed by atoms with Crippen LogP contribution in [-0.2, 0) is 33.5 Å². The van der Waals surface area contributed by atoms with Crippen molar-refractivity contribution in [2.75, 3.05) is 0 Å². The van der Waals surface area contributed by atoms with Crippen molar-refractivity contribution in [3.8, 4) is 0 Å². The maximum atomic E-state index is 11.7. The highest BCUT2D eigenvalue weighted by Gasteiger charge is 2.31. The largest absolute Gasteiger partial charge is 0.481 e. The fourth-order valence-corrected chi connectivity index (χ4v) is 1.47. The molecule has 0 aliphatic carbocycles. The molecule has 2 unspecified atom stereocenters. The van der Waals surface area contributed by atoms with Crippen molar-refractivity contribution in [1.29, 1.82) is 0 Å². The summed E-state index contributed by atoms with van der Waals surface area (Å²) in [6.45, 7) is 2.04. The zero-order chi connectivity index (χ0) is 18.2. The van der Waals surface area contributed by atoms with Crippen molar-refractivity contribution >= 4 is 35.7 Å². The molecule has 0 heterocycles. The Morgan fingerprint density at radius 3 is 1.30 bits per heavy atom. The molecule has 0 fully saturated rings. The molecule has 0 saturated carbocycles. The molecular formula is C12H16N2O9. The van der Waals surface area contributed by atoms with Gasteiger partial charge in [0.2, 0.25) is 11.8 Å². The summed E-state index contributed by atoms with van der Waals surface area (Å²) in [5, 5.41) is 21.3. The standard InChI is InChI=1S/C12H16N2O9/c1-5(15)13-7(3-9(17)18)11(21)23-12(22)8(4-10(19)20)14-6(2)16/h7-8H,3-4H2,1-2H3,(H,13,15)(H,14,16)(H,17,18)(H,19,20). The first kappa shape index (κ1) is 20.0. The Bertz CT molecular complexity index is 451. The molecule has 0 aromatic heterocycles. The fourth-order valence-electron chi connectivity index (χ4n) is 1.47. The molecule has 0 aliphatic heterocycles.